The summed E-state index contributed by atoms with van der Waals surface area (Å²) in [4.78, 5) is 14.4. The number of hydrogen-bond donors (Lipinski definition) is 0. The Kier molecular flexibility index (Phi) is 5.62. The van der Waals surface area contributed by atoms with Crippen LogP contribution in [0.4, 0.5) is 10.1 Å². The largest absolute Gasteiger partial charge is 0.341 e. The van der Waals surface area contributed by atoms with E-state index in [1.54, 1.807) is 11.8 Å². The lowest BCUT2D eigenvalue weighted by Gasteiger charge is -2.32. The molecule has 1 aliphatic heterocycles. The van der Waals surface area contributed by atoms with E-state index in [2.05, 4.69) is 0 Å². The molecule has 0 bridgehead atoms. The van der Waals surface area contributed by atoms with E-state index in [0.717, 1.165) is 42.3 Å². The summed E-state index contributed by atoms with van der Waals surface area (Å²) in [5.74, 6) is -0.771. The molecule has 1 unspecified atom stereocenters. The zero-order chi connectivity index (χ0) is 17.0. The first-order chi connectivity index (χ1) is 10.8. The summed E-state index contributed by atoms with van der Waals surface area (Å²) in [5, 5.41) is 0. The van der Waals surface area contributed by atoms with Gasteiger partial charge in [-0.2, -0.15) is 0 Å². The van der Waals surface area contributed by atoms with Gasteiger partial charge in [-0.1, -0.05) is 18.9 Å². The first-order valence-corrected chi connectivity index (χ1v) is 9.69. The highest BCUT2D eigenvalue weighted by Crippen LogP contribution is 2.23. The van der Waals surface area contributed by atoms with Gasteiger partial charge in [0.15, 0.2) is 0 Å². The topological polar surface area (TPSA) is 57.7 Å². The highest BCUT2D eigenvalue weighted by Gasteiger charge is 2.32. The standard InChI is InChI=1S/C16H23FN2O3S/c1-13(16(20)18-10-5-3-4-6-11-18)19(23(2,21)22)15-9-7-8-14(17)12-15/h7-9,12-13H,3-6,10-11H2,1-2H3. The van der Waals surface area contributed by atoms with Gasteiger partial charge in [0, 0.05) is 13.1 Å². The van der Waals surface area contributed by atoms with E-state index in [4.69, 9.17) is 0 Å². The Morgan fingerprint density at radius 1 is 1.22 bits per heavy atom. The van der Waals surface area contributed by atoms with E-state index >= 15 is 0 Å². The molecule has 1 amide bonds. The van der Waals surface area contributed by atoms with E-state index in [1.165, 1.54) is 18.2 Å². The van der Waals surface area contributed by atoms with Crippen molar-refractivity contribution in [1.82, 2.24) is 4.90 Å². The van der Waals surface area contributed by atoms with Crippen LogP contribution >= 0.6 is 0 Å². The minimum absolute atomic E-state index is 0.170. The Morgan fingerprint density at radius 2 is 1.83 bits per heavy atom. The number of halogens is 1. The summed E-state index contributed by atoms with van der Waals surface area (Å²) in [6, 6.07) is 4.41. The third-order valence-corrected chi connectivity index (χ3v) is 5.29. The van der Waals surface area contributed by atoms with Crippen molar-refractivity contribution in [2.24, 2.45) is 0 Å². The van der Waals surface area contributed by atoms with Crippen LogP contribution in [0.15, 0.2) is 24.3 Å². The zero-order valence-corrected chi connectivity index (χ0v) is 14.4. The molecule has 1 aromatic carbocycles. The molecule has 0 radical (unpaired) electrons. The maximum atomic E-state index is 13.5. The maximum Gasteiger partial charge on any atom is 0.246 e. The molecule has 0 spiro atoms. The molecule has 0 aromatic heterocycles. The Hall–Kier alpha value is -1.63. The molecule has 2 rings (SSSR count). The van der Waals surface area contributed by atoms with E-state index in [9.17, 15) is 17.6 Å². The zero-order valence-electron chi connectivity index (χ0n) is 13.5. The summed E-state index contributed by atoms with van der Waals surface area (Å²) in [7, 11) is -3.71. The molecular formula is C16H23FN2O3S. The fourth-order valence-corrected chi connectivity index (χ4v) is 4.13. The number of rotatable bonds is 4. The Morgan fingerprint density at radius 3 is 2.35 bits per heavy atom. The van der Waals surface area contributed by atoms with Gasteiger partial charge in [0.05, 0.1) is 11.9 Å². The summed E-state index contributed by atoms with van der Waals surface area (Å²) >= 11 is 0. The van der Waals surface area contributed by atoms with Crippen molar-refractivity contribution in [2.45, 2.75) is 38.6 Å². The van der Waals surface area contributed by atoms with Crippen LogP contribution in [0.1, 0.15) is 32.6 Å². The molecule has 5 nitrogen and oxygen atoms in total. The van der Waals surface area contributed by atoms with Crippen molar-refractivity contribution in [3.8, 4) is 0 Å². The summed E-state index contributed by atoms with van der Waals surface area (Å²) in [6.07, 6.45) is 5.05. The minimum atomic E-state index is -3.71. The number of nitrogens with zero attached hydrogens (tertiary/aromatic N) is 2. The molecule has 1 aromatic rings. The molecule has 23 heavy (non-hydrogen) atoms. The number of anilines is 1. The Balaban J connectivity index is 2.30. The van der Waals surface area contributed by atoms with Gasteiger partial charge in [-0.15, -0.1) is 0 Å². The van der Waals surface area contributed by atoms with Crippen molar-refractivity contribution < 1.29 is 17.6 Å². The third-order valence-electron chi connectivity index (χ3n) is 4.05. The van der Waals surface area contributed by atoms with Crippen LogP contribution in [0.5, 0.6) is 0 Å². The molecule has 0 saturated carbocycles. The Bertz CT molecular complexity index is 655. The second-order valence-electron chi connectivity index (χ2n) is 5.95. The van der Waals surface area contributed by atoms with Gasteiger partial charge < -0.3 is 4.90 Å². The molecule has 1 saturated heterocycles. The first-order valence-electron chi connectivity index (χ1n) is 7.84. The van der Waals surface area contributed by atoms with Gasteiger partial charge in [-0.05, 0) is 38.0 Å². The van der Waals surface area contributed by atoms with Crippen LogP contribution in [-0.2, 0) is 14.8 Å². The highest BCUT2D eigenvalue weighted by atomic mass is 32.2. The second-order valence-corrected chi connectivity index (χ2v) is 7.81. The third kappa shape index (κ3) is 4.43. The number of likely N-dealkylation sites (tertiary alicyclic amines) is 1. The fraction of sp³-hybridized carbons (Fsp3) is 0.562. The predicted molar refractivity (Wildman–Crippen MR) is 88.2 cm³/mol. The summed E-state index contributed by atoms with van der Waals surface area (Å²) in [5.41, 5.74) is 0.170. The van der Waals surface area contributed by atoms with E-state index in [-0.39, 0.29) is 11.6 Å². The SMILES string of the molecule is CC(C(=O)N1CCCCCC1)N(c1cccc(F)c1)S(C)(=O)=O. The summed E-state index contributed by atoms with van der Waals surface area (Å²) < 4.78 is 38.8. The molecular weight excluding hydrogens is 319 g/mol. The highest BCUT2D eigenvalue weighted by molar-refractivity contribution is 7.92. The first kappa shape index (κ1) is 17.7. The summed E-state index contributed by atoms with van der Waals surface area (Å²) in [6.45, 7) is 2.84. The van der Waals surface area contributed by atoms with Gasteiger partial charge in [0.25, 0.3) is 0 Å². The van der Waals surface area contributed by atoms with Crippen LogP contribution in [0, 0.1) is 5.82 Å². The average molecular weight is 342 g/mol. The number of amides is 1. The van der Waals surface area contributed by atoms with Crippen LogP contribution in [0.2, 0.25) is 0 Å². The van der Waals surface area contributed by atoms with Crippen molar-refractivity contribution in [1.29, 1.82) is 0 Å². The fourth-order valence-electron chi connectivity index (χ4n) is 2.97. The molecule has 1 fully saturated rings. The Labute approximate surface area is 137 Å². The number of hydrogen-bond acceptors (Lipinski definition) is 3. The molecule has 1 heterocycles. The van der Waals surface area contributed by atoms with Gasteiger partial charge in [-0.25, -0.2) is 12.8 Å². The molecule has 0 aliphatic carbocycles. The van der Waals surface area contributed by atoms with E-state index in [0.29, 0.717) is 13.1 Å². The lowest BCUT2D eigenvalue weighted by Crippen LogP contribution is -2.49. The van der Waals surface area contributed by atoms with Crippen LogP contribution in [0.25, 0.3) is 0 Å². The molecule has 7 heteroatoms. The smallest absolute Gasteiger partial charge is 0.246 e. The van der Waals surface area contributed by atoms with Gasteiger partial charge in [-0.3, -0.25) is 9.10 Å². The van der Waals surface area contributed by atoms with Gasteiger partial charge in [0.2, 0.25) is 15.9 Å². The quantitative estimate of drug-likeness (QED) is 0.844. The lowest BCUT2D eigenvalue weighted by atomic mass is 10.2. The number of sulfonamides is 1. The van der Waals surface area contributed by atoms with E-state index in [1.807, 2.05) is 0 Å². The molecule has 1 atom stereocenters. The van der Waals surface area contributed by atoms with Crippen molar-refractivity contribution in [3.05, 3.63) is 30.1 Å². The normalized spacial score (nSPS) is 17.4. The van der Waals surface area contributed by atoms with Crippen molar-refractivity contribution in [2.75, 3.05) is 23.7 Å². The van der Waals surface area contributed by atoms with Crippen molar-refractivity contribution >= 4 is 21.6 Å². The molecule has 128 valence electrons. The van der Waals surface area contributed by atoms with Gasteiger partial charge >= 0.3 is 0 Å². The lowest BCUT2D eigenvalue weighted by molar-refractivity contribution is -0.131. The van der Waals surface area contributed by atoms with Crippen LogP contribution in [0.3, 0.4) is 0 Å². The number of carbonyl (C=O) groups excluding carboxylic acids is 1. The molecule has 1 aliphatic rings. The van der Waals surface area contributed by atoms with Gasteiger partial charge in [0.1, 0.15) is 11.9 Å². The predicted octanol–water partition coefficient (Wildman–Crippen LogP) is 2.38. The van der Waals surface area contributed by atoms with Crippen LogP contribution in [-0.4, -0.2) is 44.6 Å². The second kappa shape index (κ2) is 7.29. The van der Waals surface area contributed by atoms with Crippen molar-refractivity contribution in [3.63, 3.8) is 0 Å². The number of benzene rings is 1. The minimum Gasteiger partial charge on any atom is -0.341 e. The van der Waals surface area contributed by atoms with E-state index < -0.39 is 21.9 Å². The number of carbonyl (C=O) groups is 1. The average Bonchev–Trinajstić information content (AvgIpc) is 2.74. The van der Waals surface area contributed by atoms with Crippen LogP contribution < -0.4 is 4.31 Å². The monoisotopic (exact) mass is 342 g/mol. The maximum absolute atomic E-state index is 13.5. The molecule has 0 N–H and O–H groups in total.